The number of carbonyl (C=O) groups excluding carboxylic acids is 1. The van der Waals surface area contributed by atoms with Crippen LogP contribution in [0.1, 0.15) is 23.2 Å². The average molecular weight is 335 g/mol. The van der Waals surface area contributed by atoms with E-state index in [2.05, 4.69) is 5.32 Å². The lowest BCUT2D eigenvalue weighted by Crippen LogP contribution is -2.38. The molecule has 8 nitrogen and oxygen atoms in total. The number of amides is 1. The van der Waals surface area contributed by atoms with Crippen LogP contribution in [0.5, 0.6) is 0 Å². The normalized spacial score (nSPS) is 20.8. The molecule has 2 heterocycles. The van der Waals surface area contributed by atoms with Crippen LogP contribution in [-0.2, 0) is 9.47 Å². The number of anilines is 1. The van der Waals surface area contributed by atoms with E-state index in [0.717, 1.165) is 19.4 Å². The molecule has 1 atom stereocenters. The number of nitro benzene ring substituents is 1. The highest BCUT2D eigenvalue weighted by molar-refractivity contribution is 6.00. The molecule has 130 valence electrons. The summed E-state index contributed by atoms with van der Waals surface area (Å²) in [4.78, 5) is 25.2. The number of nitrogens with one attached hydrogen (secondary N) is 1. The molecule has 24 heavy (non-hydrogen) atoms. The van der Waals surface area contributed by atoms with Gasteiger partial charge in [-0.15, -0.1) is 0 Å². The van der Waals surface area contributed by atoms with Gasteiger partial charge in [0.25, 0.3) is 11.6 Å². The fraction of sp³-hybridized carbons (Fsp3) is 0.562. The molecule has 2 aliphatic rings. The first-order chi connectivity index (χ1) is 11.6. The van der Waals surface area contributed by atoms with Crippen LogP contribution < -0.4 is 10.2 Å². The van der Waals surface area contributed by atoms with Crippen molar-refractivity contribution >= 4 is 17.3 Å². The van der Waals surface area contributed by atoms with Crippen molar-refractivity contribution in [2.24, 2.45) is 0 Å². The van der Waals surface area contributed by atoms with Gasteiger partial charge < -0.3 is 19.7 Å². The highest BCUT2D eigenvalue weighted by atomic mass is 16.6. The number of nitrogens with zero attached hydrogens (tertiary/aromatic N) is 2. The number of carbonyl (C=O) groups is 1. The number of benzene rings is 1. The van der Waals surface area contributed by atoms with E-state index in [1.807, 2.05) is 4.90 Å². The summed E-state index contributed by atoms with van der Waals surface area (Å²) in [7, 11) is 0. The molecule has 3 rings (SSSR count). The maximum absolute atomic E-state index is 12.6. The zero-order chi connectivity index (χ0) is 16.9. The molecular formula is C16H21N3O5. The van der Waals surface area contributed by atoms with Gasteiger partial charge in [-0.3, -0.25) is 14.9 Å². The van der Waals surface area contributed by atoms with Gasteiger partial charge in [0.1, 0.15) is 0 Å². The Kier molecular flexibility index (Phi) is 5.27. The highest BCUT2D eigenvalue weighted by Gasteiger charge is 2.23. The lowest BCUT2D eigenvalue weighted by molar-refractivity contribution is -0.384. The second kappa shape index (κ2) is 7.59. The van der Waals surface area contributed by atoms with E-state index in [-0.39, 0.29) is 17.7 Å². The molecule has 0 aliphatic carbocycles. The summed E-state index contributed by atoms with van der Waals surface area (Å²) in [5.74, 6) is -0.310. The van der Waals surface area contributed by atoms with Crippen LogP contribution in [0.15, 0.2) is 18.2 Å². The van der Waals surface area contributed by atoms with Gasteiger partial charge >= 0.3 is 0 Å². The summed E-state index contributed by atoms with van der Waals surface area (Å²) >= 11 is 0. The van der Waals surface area contributed by atoms with E-state index >= 15 is 0 Å². The largest absolute Gasteiger partial charge is 0.378 e. The minimum Gasteiger partial charge on any atom is -0.378 e. The van der Waals surface area contributed by atoms with Crippen LogP contribution in [0.3, 0.4) is 0 Å². The third-order valence-corrected chi connectivity index (χ3v) is 4.30. The fourth-order valence-electron chi connectivity index (χ4n) is 3.01. The van der Waals surface area contributed by atoms with Gasteiger partial charge in [-0.25, -0.2) is 0 Å². The predicted octanol–water partition coefficient (Wildman–Crippen LogP) is 1.34. The average Bonchev–Trinajstić information content (AvgIpc) is 3.13. The SMILES string of the molecule is O=C(NCC1CCCO1)c1cc([N+](=O)[O-])ccc1N1CCOCC1. The first-order valence-corrected chi connectivity index (χ1v) is 8.16. The third kappa shape index (κ3) is 3.82. The van der Waals surface area contributed by atoms with Crippen molar-refractivity contribution in [1.29, 1.82) is 0 Å². The molecule has 0 radical (unpaired) electrons. The monoisotopic (exact) mass is 335 g/mol. The summed E-state index contributed by atoms with van der Waals surface area (Å²) in [6.45, 7) is 3.61. The molecular weight excluding hydrogens is 314 g/mol. The fourth-order valence-corrected chi connectivity index (χ4v) is 3.01. The van der Waals surface area contributed by atoms with E-state index in [1.165, 1.54) is 12.1 Å². The van der Waals surface area contributed by atoms with Crippen LogP contribution in [0.25, 0.3) is 0 Å². The Bertz CT molecular complexity index is 610. The Balaban J connectivity index is 1.79. The number of morpholine rings is 1. The molecule has 1 amide bonds. The minimum atomic E-state index is -0.486. The first-order valence-electron chi connectivity index (χ1n) is 8.16. The van der Waals surface area contributed by atoms with Gasteiger partial charge in [0, 0.05) is 38.4 Å². The van der Waals surface area contributed by atoms with Crippen molar-refractivity contribution in [1.82, 2.24) is 5.32 Å². The Morgan fingerprint density at radius 2 is 2.12 bits per heavy atom. The quantitative estimate of drug-likeness (QED) is 0.645. The van der Waals surface area contributed by atoms with Gasteiger partial charge in [0.05, 0.1) is 35.5 Å². The van der Waals surface area contributed by atoms with Crippen molar-refractivity contribution in [2.45, 2.75) is 18.9 Å². The van der Waals surface area contributed by atoms with Crippen molar-refractivity contribution < 1.29 is 19.2 Å². The number of hydrogen-bond donors (Lipinski definition) is 1. The molecule has 0 spiro atoms. The molecule has 0 saturated carbocycles. The summed E-state index contributed by atoms with van der Waals surface area (Å²) in [5, 5.41) is 13.9. The van der Waals surface area contributed by atoms with E-state index in [9.17, 15) is 14.9 Å². The first kappa shape index (κ1) is 16.7. The third-order valence-electron chi connectivity index (χ3n) is 4.30. The van der Waals surface area contributed by atoms with E-state index < -0.39 is 4.92 Å². The standard InChI is InChI=1S/C16H21N3O5/c20-16(17-11-13-2-1-7-24-13)14-10-12(19(21)22)3-4-15(14)18-5-8-23-9-6-18/h3-4,10,13H,1-2,5-9,11H2,(H,17,20). The number of hydrogen-bond acceptors (Lipinski definition) is 6. The topological polar surface area (TPSA) is 93.9 Å². The molecule has 2 aliphatic heterocycles. The molecule has 2 fully saturated rings. The predicted molar refractivity (Wildman–Crippen MR) is 87.4 cm³/mol. The van der Waals surface area contributed by atoms with Crippen LogP contribution in [-0.4, -0.2) is 56.4 Å². The Hall–Kier alpha value is -2.19. The maximum Gasteiger partial charge on any atom is 0.270 e. The molecule has 0 bridgehead atoms. The van der Waals surface area contributed by atoms with Crippen LogP contribution in [0.2, 0.25) is 0 Å². The summed E-state index contributed by atoms with van der Waals surface area (Å²) < 4.78 is 10.8. The second-order valence-corrected chi connectivity index (χ2v) is 5.90. The van der Waals surface area contributed by atoms with Crippen LogP contribution in [0.4, 0.5) is 11.4 Å². The number of rotatable bonds is 5. The van der Waals surface area contributed by atoms with Gasteiger partial charge in [0.15, 0.2) is 0 Å². The summed E-state index contributed by atoms with van der Waals surface area (Å²) in [6, 6.07) is 4.42. The Labute approximate surface area is 139 Å². The van der Waals surface area contributed by atoms with Gasteiger partial charge in [-0.2, -0.15) is 0 Å². The summed E-state index contributed by atoms with van der Waals surface area (Å²) in [5.41, 5.74) is 0.937. The number of ether oxygens (including phenoxy) is 2. The number of non-ortho nitro benzene ring substituents is 1. The molecule has 0 aromatic heterocycles. The Morgan fingerprint density at radius 1 is 1.33 bits per heavy atom. The van der Waals surface area contributed by atoms with Gasteiger partial charge in [0.2, 0.25) is 0 Å². The molecule has 1 unspecified atom stereocenters. The lowest BCUT2D eigenvalue weighted by Gasteiger charge is -2.30. The summed E-state index contributed by atoms with van der Waals surface area (Å²) in [6.07, 6.45) is 1.95. The van der Waals surface area contributed by atoms with E-state index in [1.54, 1.807) is 6.07 Å². The van der Waals surface area contributed by atoms with E-state index in [0.29, 0.717) is 44.1 Å². The van der Waals surface area contributed by atoms with Crippen LogP contribution >= 0.6 is 0 Å². The van der Waals surface area contributed by atoms with Gasteiger partial charge in [-0.05, 0) is 18.9 Å². The minimum absolute atomic E-state index is 0.0273. The van der Waals surface area contributed by atoms with Gasteiger partial charge in [-0.1, -0.05) is 0 Å². The molecule has 8 heteroatoms. The highest BCUT2D eigenvalue weighted by Crippen LogP contribution is 2.26. The zero-order valence-electron chi connectivity index (χ0n) is 13.4. The van der Waals surface area contributed by atoms with E-state index in [4.69, 9.17) is 9.47 Å². The van der Waals surface area contributed by atoms with Crippen molar-refractivity contribution in [3.8, 4) is 0 Å². The molecule has 1 N–H and O–H groups in total. The second-order valence-electron chi connectivity index (χ2n) is 5.90. The van der Waals surface area contributed by atoms with Crippen molar-refractivity contribution in [2.75, 3.05) is 44.4 Å². The molecule has 1 aromatic rings. The number of nitro groups is 1. The zero-order valence-corrected chi connectivity index (χ0v) is 13.4. The van der Waals surface area contributed by atoms with Crippen LogP contribution in [0, 0.1) is 10.1 Å². The molecule has 1 aromatic carbocycles. The van der Waals surface area contributed by atoms with Crippen molar-refractivity contribution in [3.63, 3.8) is 0 Å². The smallest absolute Gasteiger partial charge is 0.270 e. The maximum atomic E-state index is 12.6. The Morgan fingerprint density at radius 3 is 2.79 bits per heavy atom. The lowest BCUT2D eigenvalue weighted by atomic mass is 10.1. The van der Waals surface area contributed by atoms with Crippen molar-refractivity contribution in [3.05, 3.63) is 33.9 Å². The molecule has 2 saturated heterocycles.